The Balaban J connectivity index is 1.50. The van der Waals surface area contributed by atoms with Gasteiger partial charge in [0.15, 0.2) is 0 Å². The van der Waals surface area contributed by atoms with Crippen LogP contribution in [0.5, 0.6) is 0 Å². The van der Waals surface area contributed by atoms with E-state index in [4.69, 9.17) is 4.74 Å². The second kappa shape index (κ2) is 8.13. The van der Waals surface area contributed by atoms with Crippen LogP contribution in [0.3, 0.4) is 0 Å². The molecule has 29 heavy (non-hydrogen) atoms. The van der Waals surface area contributed by atoms with Crippen molar-refractivity contribution in [2.75, 3.05) is 6.61 Å². The number of carbonyl (C=O) groups excluding carboxylic acids is 1. The molecule has 2 aromatic carbocycles. The molecule has 1 amide bonds. The lowest BCUT2D eigenvalue weighted by Gasteiger charge is -2.29. The Morgan fingerprint density at radius 2 is 1.79 bits per heavy atom. The first-order chi connectivity index (χ1) is 14.1. The number of ether oxygens (including phenoxy) is 1. The highest BCUT2D eigenvalue weighted by Crippen LogP contribution is 2.42. The average molecular weight is 390 g/mol. The number of benzene rings is 2. The third-order valence-electron chi connectivity index (χ3n) is 5.37. The van der Waals surface area contributed by atoms with E-state index >= 15 is 0 Å². The van der Waals surface area contributed by atoms with Gasteiger partial charge in [0.1, 0.15) is 17.1 Å². The lowest BCUT2D eigenvalue weighted by Crippen LogP contribution is -2.28. The zero-order chi connectivity index (χ0) is 20.3. The van der Waals surface area contributed by atoms with Crippen molar-refractivity contribution < 1.29 is 13.9 Å². The molecule has 1 saturated heterocycles. The average Bonchev–Trinajstić information content (AvgIpc) is 3.25. The molecule has 4 rings (SSSR count). The maximum absolute atomic E-state index is 13.4. The van der Waals surface area contributed by atoms with E-state index in [1.807, 2.05) is 37.3 Å². The van der Waals surface area contributed by atoms with Crippen molar-refractivity contribution in [2.24, 2.45) is 0 Å². The van der Waals surface area contributed by atoms with E-state index in [1.165, 1.54) is 17.7 Å². The molecule has 1 unspecified atom stereocenters. The maximum Gasteiger partial charge on any atom is 0.270 e. The minimum absolute atomic E-state index is 0.222. The van der Waals surface area contributed by atoms with E-state index in [1.54, 1.807) is 24.4 Å². The normalized spacial score (nSPS) is 18.6. The molecule has 4 nitrogen and oxygen atoms in total. The molecule has 1 aliphatic heterocycles. The fourth-order valence-electron chi connectivity index (χ4n) is 3.73. The summed E-state index contributed by atoms with van der Waals surface area (Å²) >= 11 is 0. The Morgan fingerprint density at radius 1 is 1.07 bits per heavy atom. The van der Waals surface area contributed by atoms with Crippen molar-refractivity contribution in [3.05, 3.63) is 101 Å². The first-order valence-electron chi connectivity index (χ1n) is 9.77. The molecule has 0 spiro atoms. The van der Waals surface area contributed by atoms with Crippen LogP contribution in [0, 0.1) is 12.7 Å². The van der Waals surface area contributed by atoms with E-state index in [0.717, 1.165) is 29.5 Å². The molecular formula is C24H23FN2O2. The van der Waals surface area contributed by atoms with Crippen LogP contribution in [0.1, 0.15) is 45.6 Å². The maximum atomic E-state index is 13.4. The van der Waals surface area contributed by atoms with Gasteiger partial charge in [0.2, 0.25) is 0 Å². The summed E-state index contributed by atoms with van der Waals surface area (Å²) in [6.45, 7) is 3.11. The Bertz CT molecular complexity index is 977. The summed E-state index contributed by atoms with van der Waals surface area (Å²) in [6, 6.07) is 18.0. The van der Waals surface area contributed by atoms with E-state index in [-0.39, 0.29) is 11.7 Å². The van der Waals surface area contributed by atoms with Gasteiger partial charge in [-0.2, -0.15) is 0 Å². The SMILES string of the molecule is Cc1ccc(CNC(=O)c2ccc(C3(c4ccc(F)cc4)CCCO3)cn2)cc1. The smallest absolute Gasteiger partial charge is 0.270 e. The van der Waals surface area contributed by atoms with Crippen molar-refractivity contribution in [1.29, 1.82) is 0 Å². The topological polar surface area (TPSA) is 51.2 Å². The number of carbonyl (C=O) groups is 1. The highest BCUT2D eigenvalue weighted by molar-refractivity contribution is 5.92. The van der Waals surface area contributed by atoms with E-state index in [9.17, 15) is 9.18 Å². The van der Waals surface area contributed by atoms with Gasteiger partial charge in [-0.05, 0) is 49.1 Å². The fraction of sp³-hybridized carbons (Fsp3) is 0.250. The number of halogens is 1. The molecule has 1 aliphatic rings. The first kappa shape index (κ1) is 19.3. The van der Waals surface area contributed by atoms with Crippen LogP contribution in [-0.2, 0) is 16.9 Å². The van der Waals surface area contributed by atoms with E-state index < -0.39 is 5.60 Å². The van der Waals surface area contributed by atoms with Gasteiger partial charge in [0.05, 0.1) is 0 Å². The molecule has 0 bridgehead atoms. The summed E-state index contributed by atoms with van der Waals surface area (Å²) in [5.41, 5.74) is 3.70. The van der Waals surface area contributed by atoms with Gasteiger partial charge in [-0.1, -0.05) is 48.0 Å². The first-order valence-corrected chi connectivity index (χ1v) is 9.77. The number of nitrogens with one attached hydrogen (secondary N) is 1. The van der Waals surface area contributed by atoms with Gasteiger partial charge in [-0.3, -0.25) is 9.78 Å². The van der Waals surface area contributed by atoms with Crippen LogP contribution in [0.4, 0.5) is 4.39 Å². The number of aromatic nitrogens is 1. The van der Waals surface area contributed by atoms with Crippen LogP contribution in [0.15, 0.2) is 66.9 Å². The predicted molar refractivity (Wildman–Crippen MR) is 109 cm³/mol. The standard InChI is InChI=1S/C24H23FN2O2/c1-17-3-5-18(6-4-17)15-27-23(28)22-12-9-20(16-26-22)24(13-2-14-29-24)19-7-10-21(25)11-8-19/h3-12,16H,2,13-15H2,1H3,(H,27,28). The second-order valence-corrected chi connectivity index (χ2v) is 7.39. The van der Waals surface area contributed by atoms with Crippen molar-refractivity contribution in [2.45, 2.75) is 31.9 Å². The van der Waals surface area contributed by atoms with Crippen molar-refractivity contribution in [3.63, 3.8) is 0 Å². The van der Waals surface area contributed by atoms with Crippen LogP contribution in [-0.4, -0.2) is 17.5 Å². The molecule has 1 aromatic heterocycles. The van der Waals surface area contributed by atoms with Crippen LogP contribution in [0.2, 0.25) is 0 Å². The van der Waals surface area contributed by atoms with Crippen molar-refractivity contribution in [1.82, 2.24) is 10.3 Å². The molecule has 1 N–H and O–H groups in total. The highest BCUT2D eigenvalue weighted by atomic mass is 19.1. The molecule has 5 heteroatoms. The summed E-state index contributed by atoms with van der Waals surface area (Å²) < 4.78 is 19.5. The van der Waals surface area contributed by atoms with Crippen LogP contribution < -0.4 is 5.32 Å². The van der Waals surface area contributed by atoms with Gasteiger partial charge in [0.25, 0.3) is 5.91 Å². The Hall–Kier alpha value is -3.05. The summed E-state index contributed by atoms with van der Waals surface area (Å²) in [6.07, 6.45) is 3.39. The van der Waals surface area contributed by atoms with Gasteiger partial charge >= 0.3 is 0 Å². The number of hydrogen-bond acceptors (Lipinski definition) is 3. The van der Waals surface area contributed by atoms with E-state index in [0.29, 0.717) is 18.8 Å². The third kappa shape index (κ3) is 4.05. The number of rotatable bonds is 5. The van der Waals surface area contributed by atoms with Crippen molar-refractivity contribution in [3.8, 4) is 0 Å². The van der Waals surface area contributed by atoms with E-state index in [2.05, 4.69) is 10.3 Å². The minimum Gasteiger partial charge on any atom is -0.365 e. The monoisotopic (exact) mass is 390 g/mol. The number of amides is 1. The second-order valence-electron chi connectivity index (χ2n) is 7.39. The Labute approximate surface area is 169 Å². The molecule has 0 radical (unpaired) electrons. The van der Waals surface area contributed by atoms with Crippen LogP contribution >= 0.6 is 0 Å². The van der Waals surface area contributed by atoms with Gasteiger partial charge in [-0.15, -0.1) is 0 Å². The summed E-state index contributed by atoms with van der Waals surface area (Å²) in [7, 11) is 0. The van der Waals surface area contributed by atoms with Crippen molar-refractivity contribution >= 4 is 5.91 Å². The summed E-state index contributed by atoms with van der Waals surface area (Å²) in [5, 5.41) is 2.90. The number of nitrogens with zero attached hydrogens (tertiary/aromatic N) is 1. The molecule has 2 heterocycles. The third-order valence-corrected chi connectivity index (χ3v) is 5.37. The molecule has 1 fully saturated rings. The lowest BCUT2D eigenvalue weighted by molar-refractivity contribution is 0.0356. The summed E-state index contributed by atoms with van der Waals surface area (Å²) in [5.74, 6) is -0.499. The number of pyridine rings is 1. The lowest BCUT2D eigenvalue weighted by atomic mass is 9.84. The quantitative estimate of drug-likeness (QED) is 0.697. The Morgan fingerprint density at radius 3 is 2.41 bits per heavy atom. The number of hydrogen-bond donors (Lipinski definition) is 1. The predicted octanol–water partition coefficient (Wildman–Crippen LogP) is 4.51. The zero-order valence-electron chi connectivity index (χ0n) is 16.3. The number of aryl methyl sites for hydroxylation is 1. The largest absolute Gasteiger partial charge is 0.365 e. The summed E-state index contributed by atoms with van der Waals surface area (Å²) in [4.78, 5) is 16.8. The zero-order valence-corrected chi connectivity index (χ0v) is 16.3. The molecule has 3 aromatic rings. The highest BCUT2D eigenvalue weighted by Gasteiger charge is 2.39. The molecule has 0 saturated carbocycles. The van der Waals surface area contributed by atoms with Gasteiger partial charge in [-0.25, -0.2) is 4.39 Å². The van der Waals surface area contributed by atoms with Gasteiger partial charge in [0, 0.05) is 24.9 Å². The van der Waals surface area contributed by atoms with Gasteiger partial charge < -0.3 is 10.1 Å². The molecule has 0 aliphatic carbocycles. The fourth-order valence-corrected chi connectivity index (χ4v) is 3.73. The molecule has 148 valence electrons. The Kier molecular flexibility index (Phi) is 5.41. The van der Waals surface area contributed by atoms with Crippen LogP contribution in [0.25, 0.3) is 0 Å². The molecule has 1 atom stereocenters. The molecular weight excluding hydrogens is 367 g/mol. The minimum atomic E-state index is -0.641.